The maximum Gasteiger partial charge on any atom is 0.323 e. The summed E-state index contributed by atoms with van der Waals surface area (Å²) in [6.07, 6.45) is 0.164. The zero-order valence-electron chi connectivity index (χ0n) is 10.7. The van der Waals surface area contributed by atoms with Crippen molar-refractivity contribution in [2.24, 2.45) is 5.92 Å². The number of hydrogen-bond acceptors (Lipinski definition) is 3. The van der Waals surface area contributed by atoms with E-state index in [1.807, 2.05) is 25.1 Å². The molecule has 102 valence electrons. The van der Waals surface area contributed by atoms with Crippen LogP contribution in [-0.2, 0) is 11.3 Å². The molecule has 6 heteroatoms. The first-order chi connectivity index (χ1) is 9.04. The summed E-state index contributed by atoms with van der Waals surface area (Å²) in [6, 6.07) is 5.69. The molecular formula is C13H17N3O3. The Kier molecular flexibility index (Phi) is 4.01. The number of fused-ring (bicyclic) bond motifs is 1. The molecule has 0 aliphatic carbocycles. The number of carboxylic acid groups (broad SMARTS) is 1. The van der Waals surface area contributed by atoms with Crippen molar-refractivity contribution in [3.63, 3.8) is 0 Å². The molecule has 1 heterocycles. The molecule has 0 amide bonds. The molecule has 2 aromatic rings. The summed E-state index contributed by atoms with van der Waals surface area (Å²) in [5.41, 5.74) is 2.40. The van der Waals surface area contributed by atoms with Crippen LogP contribution in [0.2, 0.25) is 0 Å². The summed E-state index contributed by atoms with van der Waals surface area (Å²) in [5.74, 6) is -0.686. The lowest BCUT2D eigenvalue weighted by Gasteiger charge is -2.10. The lowest BCUT2D eigenvalue weighted by molar-refractivity contribution is -0.137. The van der Waals surface area contributed by atoms with E-state index in [2.05, 4.69) is 15.3 Å². The predicted octanol–water partition coefficient (Wildman–Crippen LogP) is 1.06. The Morgan fingerprint density at radius 1 is 1.37 bits per heavy atom. The van der Waals surface area contributed by atoms with Crippen molar-refractivity contribution in [3.05, 3.63) is 34.2 Å². The third-order valence-corrected chi connectivity index (χ3v) is 2.93. The average Bonchev–Trinajstić information content (AvgIpc) is 2.67. The topological polar surface area (TPSA) is 98.0 Å². The molecule has 0 aliphatic rings. The monoisotopic (exact) mass is 263 g/mol. The Labute approximate surface area is 109 Å². The van der Waals surface area contributed by atoms with E-state index in [4.69, 9.17) is 5.11 Å². The number of nitrogens with one attached hydrogen (secondary N) is 3. The normalized spacial score (nSPS) is 12.7. The van der Waals surface area contributed by atoms with Crippen molar-refractivity contribution < 1.29 is 9.90 Å². The van der Waals surface area contributed by atoms with Gasteiger partial charge in [0, 0.05) is 13.0 Å². The van der Waals surface area contributed by atoms with Crippen molar-refractivity contribution in [1.29, 1.82) is 0 Å². The first kappa shape index (κ1) is 13.4. The van der Waals surface area contributed by atoms with E-state index in [0.717, 1.165) is 16.6 Å². The molecule has 0 bridgehead atoms. The molecule has 6 nitrogen and oxygen atoms in total. The number of benzene rings is 1. The summed E-state index contributed by atoms with van der Waals surface area (Å²) in [4.78, 5) is 27.0. The quantitative estimate of drug-likeness (QED) is 0.626. The molecule has 0 aliphatic heterocycles. The molecule has 0 radical (unpaired) electrons. The Morgan fingerprint density at radius 2 is 2.11 bits per heavy atom. The zero-order valence-corrected chi connectivity index (χ0v) is 10.7. The number of hydrogen-bond donors (Lipinski definition) is 4. The van der Waals surface area contributed by atoms with Gasteiger partial charge in [0.05, 0.1) is 11.0 Å². The minimum Gasteiger partial charge on any atom is -0.481 e. The number of aromatic nitrogens is 2. The number of H-pyrrole nitrogens is 2. The van der Waals surface area contributed by atoms with E-state index in [-0.39, 0.29) is 18.0 Å². The van der Waals surface area contributed by atoms with Crippen LogP contribution in [-0.4, -0.2) is 27.6 Å². The van der Waals surface area contributed by atoms with Gasteiger partial charge in [-0.25, -0.2) is 4.79 Å². The number of rotatable bonds is 6. The average molecular weight is 263 g/mol. The van der Waals surface area contributed by atoms with Crippen LogP contribution in [0.4, 0.5) is 0 Å². The van der Waals surface area contributed by atoms with Crippen LogP contribution < -0.4 is 11.0 Å². The maximum atomic E-state index is 11.1. The highest BCUT2D eigenvalue weighted by Crippen LogP contribution is 2.10. The lowest BCUT2D eigenvalue weighted by atomic mass is 10.1. The minimum absolute atomic E-state index is 0.0910. The van der Waals surface area contributed by atoms with Gasteiger partial charge in [0.2, 0.25) is 0 Å². The second-order valence-corrected chi connectivity index (χ2v) is 4.79. The number of aromatic amines is 2. The van der Waals surface area contributed by atoms with Gasteiger partial charge in [-0.1, -0.05) is 13.0 Å². The van der Waals surface area contributed by atoms with Crippen LogP contribution in [0.5, 0.6) is 0 Å². The predicted molar refractivity (Wildman–Crippen MR) is 72.0 cm³/mol. The van der Waals surface area contributed by atoms with Gasteiger partial charge < -0.3 is 20.4 Å². The summed E-state index contributed by atoms with van der Waals surface area (Å²) in [7, 11) is 0. The van der Waals surface area contributed by atoms with Gasteiger partial charge in [-0.15, -0.1) is 0 Å². The SMILES string of the molecule is CC(CNCc1ccc2[nH]c(=O)[nH]c2c1)CC(=O)O. The summed E-state index contributed by atoms with van der Waals surface area (Å²) in [6.45, 7) is 3.19. The Balaban J connectivity index is 1.91. The minimum atomic E-state index is -0.777. The van der Waals surface area contributed by atoms with Crippen molar-refractivity contribution >= 4 is 17.0 Å². The number of imidazole rings is 1. The highest BCUT2D eigenvalue weighted by Gasteiger charge is 2.07. The molecule has 0 saturated heterocycles. The summed E-state index contributed by atoms with van der Waals surface area (Å²) in [5, 5.41) is 11.9. The van der Waals surface area contributed by atoms with Crippen molar-refractivity contribution in [3.8, 4) is 0 Å². The molecule has 0 fully saturated rings. The zero-order chi connectivity index (χ0) is 13.8. The second-order valence-electron chi connectivity index (χ2n) is 4.79. The van der Waals surface area contributed by atoms with Gasteiger partial charge in [-0.05, 0) is 30.2 Å². The number of carbonyl (C=O) groups is 1. The van der Waals surface area contributed by atoms with Crippen LogP contribution in [0, 0.1) is 5.92 Å². The van der Waals surface area contributed by atoms with E-state index >= 15 is 0 Å². The van der Waals surface area contributed by atoms with Gasteiger partial charge in [-0.3, -0.25) is 4.79 Å². The molecule has 1 aromatic carbocycles. The highest BCUT2D eigenvalue weighted by molar-refractivity contribution is 5.74. The smallest absolute Gasteiger partial charge is 0.323 e. The second kappa shape index (κ2) is 5.71. The standard InChI is InChI=1S/C13H17N3O3/c1-8(4-12(17)18)6-14-7-9-2-3-10-11(5-9)16-13(19)15-10/h2-3,5,8,14H,4,6-7H2,1H3,(H,17,18)(H2,15,16,19). The molecule has 2 rings (SSSR count). The van der Waals surface area contributed by atoms with Crippen LogP contribution >= 0.6 is 0 Å². The van der Waals surface area contributed by atoms with Gasteiger partial charge in [0.1, 0.15) is 0 Å². The molecule has 1 aromatic heterocycles. The third kappa shape index (κ3) is 3.69. The fourth-order valence-electron chi connectivity index (χ4n) is 2.02. The van der Waals surface area contributed by atoms with Crippen LogP contribution in [0.3, 0.4) is 0 Å². The fraction of sp³-hybridized carbons (Fsp3) is 0.385. The lowest BCUT2D eigenvalue weighted by Crippen LogP contribution is -2.22. The summed E-state index contributed by atoms with van der Waals surface area (Å²) < 4.78 is 0. The molecule has 1 atom stereocenters. The van der Waals surface area contributed by atoms with Crippen molar-refractivity contribution in [1.82, 2.24) is 15.3 Å². The molecular weight excluding hydrogens is 246 g/mol. The molecule has 0 saturated carbocycles. The summed E-state index contributed by atoms with van der Waals surface area (Å²) >= 11 is 0. The molecule has 0 spiro atoms. The van der Waals surface area contributed by atoms with Gasteiger partial charge >= 0.3 is 11.7 Å². The largest absolute Gasteiger partial charge is 0.481 e. The van der Waals surface area contributed by atoms with Gasteiger partial charge in [0.25, 0.3) is 0 Å². The van der Waals surface area contributed by atoms with E-state index in [1.165, 1.54) is 0 Å². The number of carboxylic acids is 1. The van der Waals surface area contributed by atoms with Gasteiger partial charge in [-0.2, -0.15) is 0 Å². The highest BCUT2D eigenvalue weighted by atomic mass is 16.4. The Hall–Kier alpha value is -2.08. The van der Waals surface area contributed by atoms with E-state index in [0.29, 0.717) is 13.1 Å². The Bertz CT molecular complexity index is 629. The first-order valence-corrected chi connectivity index (χ1v) is 6.18. The van der Waals surface area contributed by atoms with Gasteiger partial charge in [0.15, 0.2) is 0 Å². The molecule has 1 unspecified atom stereocenters. The van der Waals surface area contributed by atoms with E-state index < -0.39 is 5.97 Å². The van der Waals surface area contributed by atoms with Crippen molar-refractivity contribution in [2.45, 2.75) is 19.9 Å². The van der Waals surface area contributed by atoms with Crippen LogP contribution in [0.15, 0.2) is 23.0 Å². The molecule has 19 heavy (non-hydrogen) atoms. The third-order valence-electron chi connectivity index (χ3n) is 2.93. The maximum absolute atomic E-state index is 11.1. The van der Waals surface area contributed by atoms with Crippen molar-refractivity contribution in [2.75, 3.05) is 6.54 Å². The van der Waals surface area contributed by atoms with Crippen LogP contribution in [0.1, 0.15) is 18.9 Å². The van der Waals surface area contributed by atoms with Crippen LogP contribution in [0.25, 0.3) is 11.0 Å². The van der Waals surface area contributed by atoms with E-state index in [1.54, 1.807) is 0 Å². The fourth-order valence-corrected chi connectivity index (χ4v) is 2.02. The molecule has 4 N–H and O–H groups in total. The first-order valence-electron chi connectivity index (χ1n) is 6.18. The number of aliphatic carboxylic acids is 1. The van der Waals surface area contributed by atoms with E-state index in [9.17, 15) is 9.59 Å². The Morgan fingerprint density at radius 3 is 2.84 bits per heavy atom.